The van der Waals surface area contributed by atoms with E-state index in [2.05, 4.69) is 14.1 Å². The summed E-state index contributed by atoms with van der Waals surface area (Å²) in [6.07, 6.45) is 0. The van der Waals surface area contributed by atoms with E-state index in [4.69, 9.17) is 5.26 Å². The van der Waals surface area contributed by atoms with E-state index >= 15 is 0 Å². The molecule has 18 heavy (non-hydrogen) atoms. The van der Waals surface area contributed by atoms with Gasteiger partial charge in [0.2, 0.25) is 17.4 Å². The van der Waals surface area contributed by atoms with Gasteiger partial charge in [-0.2, -0.15) is 8.78 Å². The maximum absolute atomic E-state index is 13.3. The SMILES string of the molecule is CC(=O)Oc1c(F)c(F)c(SOOO)c(F)c1F. The molecule has 0 saturated heterocycles. The van der Waals surface area contributed by atoms with Crippen LogP contribution in [0.1, 0.15) is 6.92 Å². The van der Waals surface area contributed by atoms with E-state index in [1.807, 2.05) is 0 Å². The van der Waals surface area contributed by atoms with Gasteiger partial charge in [-0.05, 0) is 0 Å². The van der Waals surface area contributed by atoms with Crippen LogP contribution in [0.5, 0.6) is 5.75 Å². The van der Waals surface area contributed by atoms with Gasteiger partial charge in [-0.3, -0.25) is 4.79 Å². The smallest absolute Gasteiger partial charge is 0.308 e. The molecule has 0 aliphatic carbocycles. The molecule has 0 unspecified atom stereocenters. The van der Waals surface area contributed by atoms with Gasteiger partial charge in [0.05, 0.1) is 12.0 Å². The van der Waals surface area contributed by atoms with E-state index < -0.39 is 39.9 Å². The number of rotatable bonds is 4. The standard InChI is InChI=1S/C8H4F4O5S/c1-2(13)15-7-3(9)5(11)8(18-17-16-14)6(12)4(7)10/h14H,1H3. The zero-order valence-corrected chi connectivity index (χ0v) is 9.32. The Hall–Kier alpha value is -1.36. The van der Waals surface area contributed by atoms with Crippen LogP contribution in [0, 0.1) is 23.3 Å². The molecule has 1 aromatic carbocycles. The van der Waals surface area contributed by atoms with Crippen molar-refractivity contribution in [2.24, 2.45) is 0 Å². The van der Waals surface area contributed by atoms with Crippen molar-refractivity contribution in [3.05, 3.63) is 23.3 Å². The molecule has 5 nitrogen and oxygen atoms in total. The number of hydrogen-bond donors (Lipinski definition) is 1. The minimum absolute atomic E-state index is 0.313. The quantitative estimate of drug-likeness (QED) is 0.175. The first-order valence-electron chi connectivity index (χ1n) is 4.09. The zero-order chi connectivity index (χ0) is 13.9. The van der Waals surface area contributed by atoms with Crippen LogP contribution in [0.25, 0.3) is 0 Å². The monoisotopic (exact) mass is 288 g/mol. The second kappa shape index (κ2) is 6.00. The summed E-state index contributed by atoms with van der Waals surface area (Å²) in [6, 6.07) is 0. The van der Waals surface area contributed by atoms with E-state index in [9.17, 15) is 22.4 Å². The maximum atomic E-state index is 13.3. The molecule has 0 fully saturated rings. The predicted molar refractivity (Wildman–Crippen MR) is 48.2 cm³/mol. The summed E-state index contributed by atoms with van der Waals surface area (Å²) in [7, 11) is 0. The fraction of sp³-hybridized carbons (Fsp3) is 0.125. The lowest BCUT2D eigenvalue weighted by molar-refractivity contribution is -0.432. The van der Waals surface area contributed by atoms with E-state index in [-0.39, 0.29) is 12.0 Å². The Morgan fingerprint density at radius 3 is 2.00 bits per heavy atom. The average Bonchev–Trinajstić information content (AvgIpc) is 2.32. The number of halogens is 4. The van der Waals surface area contributed by atoms with Crippen molar-refractivity contribution in [1.82, 2.24) is 0 Å². The number of carbonyl (C=O) groups is 1. The Balaban J connectivity index is 3.31. The first-order valence-corrected chi connectivity index (χ1v) is 4.83. The summed E-state index contributed by atoms with van der Waals surface area (Å²) >= 11 is -0.313. The van der Waals surface area contributed by atoms with Gasteiger partial charge in [-0.15, -0.1) is 4.33 Å². The van der Waals surface area contributed by atoms with Crippen molar-refractivity contribution in [1.29, 1.82) is 0 Å². The highest BCUT2D eigenvalue weighted by molar-refractivity contribution is 7.94. The maximum Gasteiger partial charge on any atom is 0.308 e. The van der Waals surface area contributed by atoms with Crippen LogP contribution < -0.4 is 4.74 Å². The van der Waals surface area contributed by atoms with Crippen LogP contribution in [-0.2, 0) is 14.2 Å². The van der Waals surface area contributed by atoms with E-state index in [1.165, 1.54) is 0 Å². The Bertz CT molecular complexity index is 452. The molecule has 0 spiro atoms. The minimum atomic E-state index is -1.92. The molecule has 0 aliphatic heterocycles. The highest BCUT2D eigenvalue weighted by atomic mass is 32.2. The van der Waals surface area contributed by atoms with Gasteiger partial charge in [-0.25, -0.2) is 14.0 Å². The van der Waals surface area contributed by atoms with Crippen molar-refractivity contribution in [2.45, 2.75) is 11.8 Å². The second-order valence-electron chi connectivity index (χ2n) is 2.73. The van der Waals surface area contributed by atoms with Gasteiger partial charge in [0, 0.05) is 6.92 Å². The molecular formula is C8H4F4O5S. The van der Waals surface area contributed by atoms with Gasteiger partial charge >= 0.3 is 5.97 Å². The lowest BCUT2D eigenvalue weighted by Crippen LogP contribution is -2.09. The lowest BCUT2D eigenvalue weighted by Gasteiger charge is -2.09. The van der Waals surface area contributed by atoms with Crippen molar-refractivity contribution >= 4 is 18.0 Å². The third kappa shape index (κ3) is 2.90. The van der Waals surface area contributed by atoms with Crippen molar-refractivity contribution < 1.29 is 41.7 Å². The molecule has 0 amide bonds. The largest absolute Gasteiger partial charge is 0.420 e. The zero-order valence-electron chi connectivity index (χ0n) is 8.50. The topological polar surface area (TPSA) is 65.0 Å². The summed E-state index contributed by atoms with van der Waals surface area (Å²) in [4.78, 5) is 9.26. The molecule has 10 heteroatoms. The molecule has 0 aromatic heterocycles. The van der Waals surface area contributed by atoms with Gasteiger partial charge in [0.15, 0.2) is 11.6 Å². The van der Waals surface area contributed by atoms with Gasteiger partial charge in [0.25, 0.3) is 0 Å². The number of ether oxygens (including phenoxy) is 1. The van der Waals surface area contributed by atoms with Crippen LogP contribution in [0.3, 0.4) is 0 Å². The van der Waals surface area contributed by atoms with Gasteiger partial charge in [0.1, 0.15) is 4.90 Å². The van der Waals surface area contributed by atoms with E-state index in [0.717, 1.165) is 6.92 Å². The molecule has 0 aliphatic rings. The normalized spacial score (nSPS) is 10.6. The molecule has 1 N–H and O–H groups in total. The van der Waals surface area contributed by atoms with Crippen molar-refractivity contribution in [2.75, 3.05) is 0 Å². The number of hydrogen-bond acceptors (Lipinski definition) is 6. The summed E-state index contributed by atoms with van der Waals surface area (Å²) in [5.74, 6) is -10.3. The van der Waals surface area contributed by atoms with Gasteiger partial charge in [-0.1, -0.05) is 5.04 Å². The number of carbonyl (C=O) groups excluding carboxylic acids is 1. The van der Waals surface area contributed by atoms with Crippen LogP contribution in [0.15, 0.2) is 4.90 Å². The molecule has 0 saturated carbocycles. The lowest BCUT2D eigenvalue weighted by atomic mass is 10.3. The predicted octanol–water partition coefficient (Wildman–Crippen LogP) is 2.60. The molecule has 0 radical (unpaired) electrons. The van der Waals surface area contributed by atoms with E-state index in [0.29, 0.717) is 0 Å². The minimum Gasteiger partial charge on any atom is -0.420 e. The fourth-order valence-electron chi connectivity index (χ4n) is 0.947. The molecule has 1 aromatic rings. The number of benzene rings is 1. The fourth-order valence-corrected chi connectivity index (χ4v) is 1.37. The summed E-state index contributed by atoms with van der Waals surface area (Å²) in [5.41, 5.74) is 0. The van der Waals surface area contributed by atoms with Crippen LogP contribution >= 0.6 is 12.0 Å². The number of esters is 1. The molecule has 0 atom stereocenters. The van der Waals surface area contributed by atoms with E-state index in [1.54, 1.807) is 0 Å². The average molecular weight is 288 g/mol. The highest BCUT2D eigenvalue weighted by Crippen LogP contribution is 2.35. The van der Waals surface area contributed by atoms with Crippen LogP contribution in [0.4, 0.5) is 17.6 Å². The van der Waals surface area contributed by atoms with Crippen LogP contribution in [0.2, 0.25) is 0 Å². The summed E-state index contributed by atoms with van der Waals surface area (Å²) in [6.45, 7) is 0.792. The Morgan fingerprint density at radius 1 is 1.11 bits per heavy atom. The summed E-state index contributed by atoms with van der Waals surface area (Å²) < 4.78 is 60.7. The second-order valence-corrected chi connectivity index (χ2v) is 3.44. The molecule has 1 rings (SSSR count). The van der Waals surface area contributed by atoms with Crippen molar-refractivity contribution in [3.63, 3.8) is 0 Å². The Labute approximate surface area is 101 Å². The third-order valence-electron chi connectivity index (χ3n) is 1.58. The molecule has 100 valence electrons. The molecule has 0 bridgehead atoms. The van der Waals surface area contributed by atoms with Crippen molar-refractivity contribution in [3.8, 4) is 5.75 Å². The highest BCUT2D eigenvalue weighted by Gasteiger charge is 2.28. The third-order valence-corrected chi connectivity index (χ3v) is 2.23. The first-order chi connectivity index (χ1) is 8.40. The van der Waals surface area contributed by atoms with Gasteiger partial charge < -0.3 is 4.74 Å². The first kappa shape index (κ1) is 14.7. The Morgan fingerprint density at radius 2 is 1.61 bits per heavy atom. The Kier molecular flexibility index (Phi) is 4.90. The molecule has 0 heterocycles. The molecular weight excluding hydrogens is 284 g/mol. The van der Waals surface area contributed by atoms with Crippen LogP contribution in [-0.4, -0.2) is 11.2 Å². The summed E-state index contributed by atoms with van der Waals surface area (Å²) in [5, 5.41) is 10.8.